The Morgan fingerprint density at radius 1 is 1.29 bits per heavy atom. The van der Waals surface area contributed by atoms with Crippen LogP contribution in [0.2, 0.25) is 0 Å². The molecule has 0 aliphatic carbocycles. The van der Waals surface area contributed by atoms with E-state index >= 15 is 0 Å². The minimum atomic E-state index is -4.37. The van der Waals surface area contributed by atoms with Gasteiger partial charge in [-0.1, -0.05) is 12.1 Å². The molecule has 6 nitrogen and oxygen atoms in total. The third kappa shape index (κ3) is 8.81. The summed E-state index contributed by atoms with van der Waals surface area (Å²) >= 11 is 0. The summed E-state index contributed by atoms with van der Waals surface area (Å²) < 4.78 is 44.1. The van der Waals surface area contributed by atoms with Gasteiger partial charge >= 0.3 is 6.18 Å². The molecular weight excluding hydrogens is 486 g/mol. The van der Waals surface area contributed by atoms with Gasteiger partial charge in [-0.2, -0.15) is 18.3 Å². The predicted octanol–water partition coefficient (Wildman–Crippen LogP) is 3.51. The monoisotopic (exact) mass is 511 g/mol. The summed E-state index contributed by atoms with van der Waals surface area (Å²) in [6, 6.07) is 7.05. The van der Waals surface area contributed by atoms with E-state index in [1.54, 1.807) is 32.3 Å². The minimum Gasteiger partial charge on any atom is -0.484 e. The maximum absolute atomic E-state index is 12.4. The second-order valence-corrected chi connectivity index (χ2v) is 5.99. The first-order valence-electron chi connectivity index (χ1n) is 8.58. The first kappa shape index (κ1) is 24.1. The van der Waals surface area contributed by atoms with E-state index in [9.17, 15) is 13.2 Å². The topological polar surface area (TPSA) is 63.5 Å². The van der Waals surface area contributed by atoms with Crippen molar-refractivity contribution in [2.24, 2.45) is 4.99 Å². The smallest absolute Gasteiger partial charge is 0.422 e. The molecular formula is C18H25F3IN5O. The Balaban J connectivity index is 0.00000392. The minimum absolute atomic E-state index is 0. The molecule has 0 aliphatic heterocycles. The fourth-order valence-electron chi connectivity index (χ4n) is 2.38. The average molecular weight is 511 g/mol. The molecule has 0 spiro atoms. The first-order valence-corrected chi connectivity index (χ1v) is 8.58. The number of aryl methyl sites for hydroxylation is 2. The standard InChI is InChI=1S/C18H24F3N5O.HI/c1-14-5-6-15(16(11-14)27-13-18(19,20)21)12-24-17(22-2)23-7-3-9-26-10-4-8-25-26;/h4-6,8,10-11H,3,7,9,12-13H2,1-2H3,(H2,22,23,24);1H. The van der Waals surface area contributed by atoms with E-state index in [2.05, 4.69) is 20.7 Å². The molecule has 156 valence electrons. The third-order valence-electron chi connectivity index (χ3n) is 3.70. The van der Waals surface area contributed by atoms with E-state index in [1.807, 2.05) is 23.0 Å². The normalized spacial score (nSPS) is 11.7. The van der Waals surface area contributed by atoms with Crippen molar-refractivity contribution in [3.05, 3.63) is 47.8 Å². The van der Waals surface area contributed by atoms with Crippen LogP contribution in [0.3, 0.4) is 0 Å². The zero-order chi connectivity index (χ0) is 19.7. The van der Waals surface area contributed by atoms with Gasteiger partial charge in [0.1, 0.15) is 5.75 Å². The zero-order valence-corrected chi connectivity index (χ0v) is 18.1. The molecule has 2 aromatic rings. The second-order valence-electron chi connectivity index (χ2n) is 5.99. The average Bonchev–Trinajstić information content (AvgIpc) is 3.13. The number of benzene rings is 1. The van der Waals surface area contributed by atoms with Crippen LogP contribution in [0.5, 0.6) is 5.75 Å². The van der Waals surface area contributed by atoms with Crippen LogP contribution in [0.25, 0.3) is 0 Å². The summed E-state index contributed by atoms with van der Waals surface area (Å²) in [5.74, 6) is 0.784. The Labute approximate surface area is 179 Å². The number of halogens is 4. The quantitative estimate of drug-likeness (QED) is 0.247. The van der Waals surface area contributed by atoms with Crippen molar-refractivity contribution < 1.29 is 17.9 Å². The van der Waals surface area contributed by atoms with Gasteiger partial charge in [0.15, 0.2) is 12.6 Å². The summed E-state index contributed by atoms with van der Waals surface area (Å²) in [6.07, 6.45) is 0.105. The Bertz CT molecular complexity index is 735. The number of hydrogen-bond acceptors (Lipinski definition) is 3. The summed E-state index contributed by atoms with van der Waals surface area (Å²) in [7, 11) is 1.64. The molecule has 0 saturated heterocycles. The van der Waals surface area contributed by atoms with Gasteiger partial charge in [-0.25, -0.2) is 0 Å². The van der Waals surface area contributed by atoms with Gasteiger partial charge in [-0.05, 0) is 31.0 Å². The van der Waals surface area contributed by atoms with Crippen LogP contribution in [0.15, 0.2) is 41.7 Å². The molecule has 0 aliphatic rings. The van der Waals surface area contributed by atoms with Crippen LogP contribution in [-0.2, 0) is 13.1 Å². The van der Waals surface area contributed by atoms with E-state index in [-0.39, 0.29) is 29.7 Å². The Morgan fingerprint density at radius 3 is 2.71 bits per heavy atom. The highest BCUT2D eigenvalue weighted by molar-refractivity contribution is 14.0. The molecule has 2 N–H and O–H groups in total. The molecule has 0 fully saturated rings. The number of aromatic nitrogens is 2. The van der Waals surface area contributed by atoms with E-state index in [0.29, 0.717) is 24.6 Å². The van der Waals surface area contributed by atoms with Crippen LogP contribution >= 0.6 is 24.0 Å². The Kier molecular flexibility index (Phi) is 10.1. The van der Waals surface area contributed by atoms with Gasteiger partial charge in [-0.15, -0.1) is 24.0 Å². The molecule has 1 aromatic heterocycles. The van der Waals surface area contributed by atoms with Crippen molar-refractivity contribution in [3.8, 4) is 5.75 Å². The highest BCUT2D eigenvalue weighted by Crippen LogP contribution is 2.23. The van der Waals surface area contributed by atoms with Crippen molar-refractivity contribution in [1.82, 2.24) is 20.4 Å². The number of aliphatic imine (C=N–C) groups is 1. The van der Waals surface area contributed by atoms with Gasteiger partial charge in [0.25, 0.3) is 0 Å². The molecule has 0 radical (unpaired) electrons. The molecule has 0 bridgehead atoms. The molecule has 0 atom stereocenters. The van der Waals surface area contributed by atoms with Crippen LogP contribution in [0.1, 0.15) is 17.5 Å². The SMILES string of the molecule is CN=C(NCCCn1cccn1)NCc1ccc(C)cc1OCC(F)(F)F.I. The van der Waals surface area contributed by atoms with E-state index in [1.165, 1.54) is 0 Å². The lowest BCUT2D eigenvalue weighted by atomic mass is 10.1. The maximum atomic E-state index is 12.4. The van der Waals surface area contributed by atoms with Crippen molar-refractivity contribution in [2.45, 2.75) is 32.6 Å². The van der Waals surface area contributed by atoms with Gasteiger partial charge < -0.3 is 15.4 Å². The van der Waals surface area contributed by atoms with Crippen LogP contribution in [0.4, 0.5) is 13.2 Å². The molecule has 0 unspecified atom stereocenters. The van der Waals surface area contributed by atoms with Crippen molar-refractivity contribution >= 4 is 29.9 Å². The molecule has 2 rings (SSSR count). The highest BCUT2D eigenvalue weighted by Gasteiger charge is 2.28. The number of hydrogen-bond donors (Lipinski definition) is 2. The third-order valence-corrected chi connectivity index (χ3v) is 3.70. The molecule has 0 saturated carbocycles. The summed E-state index contributed by atoms with van der Waals surface area (Å²) in [5.41, 5.74) is 1.46. The van der Waals surface area contributed by atoms with E-state index < -0.39 is 12.8 Å². The molecule has 1 heterocycles. The first-order chi connectivity index (χ1) is 12.9. The van der Waals surface area contributed by atoms with Crippen molar-refractivity contribution in [3.63, 3.8) is 0 Å². The fourth-order valence-corrected chi connectivity index (χ4v) is 2.38. The summed E-state index contributed by atoms with van der Waals surface area (Å²) in [4.78, 5) is 4.12. The van der Waals surface area contributed by atoms with Crippen molar-refractivity contribution in [1.29, 1.82) is 0 Å². The van der Waals surface area contributed by atoms with Gasteiger partial charge in [0, 0.05) is 44.6 Å². The number of alkyl halides is 3. The summed E-state index contributed by atoms with van der Waals surface area (Å²) in [6.45, 7) is 2.25. The van der Waals surface area contributed by atoms with Crippen molar-refractivity contribution in [2.75, 3.05) is 20.2 Å². The fraction of sp³-hybridized carbons (Fsp3) is 0.444. The zero-order valence-electron chi connectivity index (χ0n) is 15.8. The number of nitrogens with zero attached hydrogens (tertiary/aromatic N) is 3. The molecule has 0 amide bonds. The Morgan fingerprint density at radius 2 is 2.07 bits per heavy atom. The molecule has 1 aromatic carbocycles. The van der Waals surface area contributed by atoms with Gasteiger partial charge in [0.2, 0.25) is 0 Å². The molecule has 10 heteroatoms. The number of ether oxygens (including phenoxy) is 1. The lowest BCUT2D eigenvalue weighted by Gasteiger charge is -2.16. The van der Waals surface area contributed by atoms with Crippen LogP contribution in [0, 0.1) is 6.92 Å². The lowest BCUT2D eigenvalue weighted by molar-refractivity contribution is -0.153. The van der Waals surface area contributed by atoms with Gasteiger partial charge in [-0.3, -0.25) is 9.67 Å². The predicted molar refractivity (Wildman–Crippen MR) is 113 cm³/mol. The second kappa shape index (κ2) is 11.8. The van der Waals surface area contributed by atoms with E-state index in [4.69, 9.17) is 4.74 Å². The number of rotatable bonds is 8. The largest absolute Gasteiger partial charge is 0.484 e. The highest BCUT2D eigenvalue weighted by atomic mass is 127. The van der Waals surface area contributed by atoms with Gasteiger partial charge in [0.05, 0.1) is 0 Å². The van der Waals surface area contributed by atoms with Crippen LogP contribution in [-0.4, -0.2) is 42.1 Å². The summed E-state index contributed by atoms with van der Waals surface area (Å²) in [5, 5.41) is 10.4. The number of nitrogens with one attached hydrogen (secondary N) is 2. The maximum Gasteiger partial charge on any atom is 0.422 e. The molecule has 28 heavy (non-hydrogen) atoms. The van der Waals surface area contributed by atoms with Crippen LogP contribution < -0.4 is 15.4 Å². The Hall–Kier alpha value is -1.98. The lowest BCUT2D eigenvalue weighted by Crippen LogP contribution is -2.37. The number of guanidine groups is 1. The van der Waals surface area contributed by atoms with E-state index in [0.717, 1.165) is 18.5 Å².